The molecule has 0 amide bonds. The highest BCUT2D eigenvalue weighted by Crippen LogP contribution is 2.07. The van der Waals surface area contributed by atoms with Gasteiger partial charge in [0.1, 0.15) is 5.75 Å². The first-order valence-corrected chi connectivity index (χ1v) is 3.46. The minimum absolute atomic E-state index is 0.138. The molecule has 0 fully saturated rings. The van der Waals surface area contributed by atoms with Gasteiger partial charge in [0.2, 0.25) is 0 Å². The minimum Gasteiger partial charge on any atom is -0.495 e. The molecule has 0 bridgehead atoms. The smallest absolute Gasteiger partial charge is 0.137 e. The summed E-state index contributed by atoms with van der Waals surface area (Å²) in [7, 11) is 1.60. The van der Waals surface area contributed by atoms with Gasteiger partial charge >= 0.3 is 0 Å². The van der Waals surface area contributed by atoms with Gasteiger partial charge in [-0.25, -0.2) is 0 Å². The zero-order chi connectivity index (χ0) is 8.10. The van der Waals surface area contributed by atoms with Crippen molar-refractivity contribution in [2.75, 3.05) is 13.7 Å². The molecule has 0 spiro atoms. The van der Waals surface area contributed by atoms with Crippen LogP contribution in [-0.4, -0.2) is 23.8 Å². The molecule has 60 valence electrons. The van der Waals surface area contributed by atoms with Crippen molar-refractivity contribution in [3.63, 3.8) is 0 Å². The fourth-order valence-electron chi connectivity index (χ4n) is 0.794. The Morgan fingerprint density at radius 2 is 2.36 bits per heavy atom. The van der Waals surface area contributed by atoms with Crippen LogP contribution < -0.4 is 4.74 Å². The molecular weight excluding hydrogens is 142 g/mol. The average molecular weight is 153 g/mol. The van der Waals surface area contributed by atoms with E-state index in [1.807, 2.05) is 12.1 Å². The molecule has 0 unspecified atom stereocenters. The van der Waals surface area contributed by atoms with Crippen LogP contribution in [0.15, 0.2) is 18.3 Å². The van der Waals surface area contributed by atoms with E-state index in [2.05, 4.69) is 4.98 Å². The highest BCUT2D eigenvalue weighted by molar-refractivity contribution is 5.19. The topological polar surface area (TPSA) is 42.4 Å². The largest absolute Gasteiger partial charge is 0.495 e. The molecule has 0 saturated carbocycles. The number of hydrogen-bond donors (Lipinski definition) is 1. The molecule has 1 N–H and O–H groups in total. The molecule has 0 atom stereocenters. The Morgan fingerprint density at radius 3 is 2.82 bits per heavy atom. The summed E-state index contributed by atoms with van der Waals surface area (Å²) >= 11 is 0. The number of pyridine rings is 1. The summed E-state index contributed by atoms with van der Waals surface area (Å²) in [5.41, 5.74) is 0.883. The van der Waals surface area contributed by atoms with Crippen molar-refractivity contribution in [1.29, 1.82) is 0 Å². The van der Waals surface area contributed by atoms with Gasteiger partial charge < -0.3 is 9.84 Å². The zero-order valence-electron chi connectivity index (χ0n) is 6.45. The molecule has 0 aliphatic rings. The summed E-state index contributed by atoms with van der Waals surface area (Å²) in [6.45, 7) is 0.138. The zero-order valence-corrected chi connectivity index (χ0v) is 6.45. The van der Waals surface area contributed by atoms with Gasteiger partial charge in [0.05, 0.1) is 13.3 Å². The Morgan fingerprint density at radius 1 is 1.55 bits per heavy atom. The average Bonchev–Trinajstić information content (AvgIpc) is 2.07. The predicted octanol–water partition coefficient (Wildman–Crippen LogP) is 0.625. The van der Waals surface area contributed by atoms with E-state index in [4.69, 9.17) is 9.84 Å². The second-order valence-corrected chi connectivity index (χ2v) is 2.16. The minimum atomic E-state index is 0.138. The van der Waals surface area contributed by atoms with Gasteiger partial charge in [0.25, 0.3) is 0 Å². The van der Waals surface area contributed by atoms with Crippen LogP contribution >= 0.6 is 0 Å². The fraction of sp³-hybridized carbons (Fsp3) is 0.375. The molecule has 1 heterocycles. The van der Waals surface area contributed by atoms with Crippen LogP contribution in [-0.2, 0) is 6.42 Å². The molecule has 11 heavy (non-hydrogen) atoms. The maximum atomic E-state index is 8.57. The lowest BCUT2D eigenvalue weighted by Gasteiger charge is -1.99. The number of methoxy groups -OCH3 is 1. The van der Waals surface area contributed by atoms with E-state index in [1.54, 1.807) is 13.3 Å². The van der Waals surface area contributed by atoms with E-state index in [9.17, 15) is 0 Å². The lowest BCUT2D eigenvalue weighted by molar-refractivity contribution is 0.298. The first-order valence-electron chi connectivity index (χ1n) is 3.46. The fourth-order valence-corrected chi connectivity index (χ4v) is 0.794. The highest BCUT2D eigenvalue weighted by atomic mass is 16.5. The van der Waals surface area contributed by atoms with Crippen molar-refractivity contribution >= 4 is 0 Å². The van der Waals surface area contributed by atoms with Gasteiger partial charge in [-0.05, 0) is 12.1 Å². The molecule has 3 heteroatoms. The predicted molar refractivity (Wildman–Crippen MR) is 41.6 cm³/mol. The Labute approximate surface area is 65.7 Å². The van der Waals surface area contributed by atoms with Gasteiger partial charge in [-0.2, -0.15) is 0 Å². The second-order valence-electron chi connectivity index (χ2n) is 2.16. The van der Waals surface area contributed by atoms with Gasteiger partial charge in [-0.3, -0.25) is 4.98 Å². The molecule has 3 nitrogen and oxygen atoms in total. The number of aromatic nitrogens is 1. The number of rotatable bonds is 3. The van der Waals surface area contributed by atoms with Crippen LogP contribution in [0.5, 0.6) is 5.75 Å². The third-order valence-corrected chi connectivity index (χ3v) is 1.40. The molecule has 0 aliphatic heterocycles. The van der Waals surface area contributed by atoms with Gasteiger partial charge in [-0.1, -0.05) is 0 Å². The third kappa shape index (κ3) is 2.20. The van der Waals surface area contributed by atoms with Crippen LogP contribution in [0.25, 0.3) is 0 Å². The van der Waals surface area contributed by atoms with Crippen LogP contribution in [0, 0.1) is 0 Å². The number of hydrogen-bond acceptors (Lipinski definition) is 3. The Bertz CT molecular complexity index is 208. The van der Waals surface area contributed by atoms with Crippen LogP contribution in [0.4, 0.5) is 0 Å². The molecule has 0 aromatic carbocycles. The van der Waals surface area contributed by atoms with Gasteiger partial charge in [0.15, 0.2) is 0 Å². The van der Waals surface area contributed by atoms with E-state index in [-0.39, 0.29) is 6.61 Å². The van der Waals surface area contributed by atoms with Gasteiger partial charge in [-0.15, -0.1) is 0 Å². The Kier molecular flexibility index (Phi) is 2.86. The number of aliphatic hydroxyl groups is 1. The normalized spacial score (nSPS) is 9.64. The number of ether oxygens (including phenoxy) is 1. The molecule has 1 aromatic heterocycles. The monoisotopic (exact) mass is 153 g/mol. The van der Waals surface area contributed by atoms with Crippen molar-refractivity contribution in [2.24, 2.45) is 0 Å². The number of aliphatic hydroxyl groups excluding tert-OH is 1. The van der Waals surface area contributed by atoms with Crippen molar-refractivity contribution < 1.29 is 9.84 Å². The molecular formula is C8H11NO2. The summed E-state index contributed by atoms with van der Waals surface area (Å²) in [5, 5.41) is 8.57. The first-order chi connectivity index (χ1) is 5.36. The highest BCUT2D eigenvalue weighted by Gasteiger charge is 1.93. The van der Waals surface area contributed by atoms with E-state index in [0.717, 1.165) is 11.4 Å². The van der Waals surface area contributed by atoms with Crippen LogP contribution in [0.2, 0.25) is 0 Å². The maximum Gasteiger partial charge on any atom is 0.137 e. The molecule has 0 saturated heterocycles. The SMILES string of the molecule is COc1ccc(CCO)nc1. The summed E-state index contributed by atoms with van der Waals surface area (Å²) in [5.74, 6) is 0.742. The lowest BCUT2D eigenvalue weighted by atomic mass is 10.3. The van der Waals surface area contributed by atoms with E-state index in [0.29, 0.717) is 6.42 Å². The molecule has 0 aliphatic carbocycles. The summed E-state index contributed by atoms with van der Waals surface area (Å²) < 4.78 is 4.92. The van der Waals surface area contributed by atoms with Crippen LogP contribution in [0.3, 0.4) is 0 Å². The Hall–Kier alpha value is -1.09. The Balaban J connectivity index is 2.66. The summed E-state index contributed by atoms with van der Waals surface area (Å²) in [6, 6.07) is 3.67. The summed E-state index contributed by atoms with van der Waals surface area (Å²) in [4.78, 5) is 4.05. The standard InChI is InChI=1S/C8H11NO2/c1-11-8-3-2-7(4-5-10)9-6-8/h2-3,6,10H,4-5H2,1H3. The van der Waals surface area contributed by atoms with E-state index < -0.39 is 0 Å². The van der Waals surface area contributed by atoms with Crippen molar-refractivity contribution in [1.82, 2.24) is 4.98 Å². The van der Waals surface area contributed by atoms with Crippen molar-refractivity contribution in [2.45, 2.75) is 6.42 Å². The van der Waals surface area contributed by atoms with Gasteiger partial charge in [0, 0.05) is 18.7 Å². The van der Waals surface area contributed by atoms with E-state index >= 15 is 0 Å². The van der Waals surface area contributed by atoms with E-state index in [1.165, 1.54) is 0 Å². The lowest BCUT2D eigenvalue weighted by Crippen LogP contribution is -1.94. The number of nitrogens with zero attached hydrogens (tertiary/aromatic N) is 1. The van der Waals surface area contributed by atoms with Crippen LogP contribution in [0.1, 0.15) is 5.69 Å². The second kappa shape index (κ2) is 3.93. The third-order valence-electron chi connectivity index (χ3n) is 1.40. The molecule has 1 rings (SSSR count). The first kappa shape index (κ1) is 8.01. The quantitative estimate of drug-likeness (QED) is 0.692. The molecule has 1 aromatic rings. The molecule has 0 radical (unpaired) electrons. The van der Waals surface area contributed by atoms with Crippen molar-refractivity contribution in [3.8, 4) is 5.75 Å². The van der Waals surface area contributed by atoms with Crippen molar-refractivity contribution in [3.05, 3.63) is 24.0 Å². The maximum absolute atomic E-state index is 8.57. The summed E-state index contributed by atoms with van der Waals surface area (Å²) in [6.07, 6.45) is 2.25.